The van der Waals surface area contributed by atoms with Gasteiger partial charge in [0, 0.05) is 12.6 Å². The summed E-state index contributed by atoms with van der Waals surface area (Å²) in [7, 11) is 1.58. The number of ether oxygens (including phenoxy) is 2. The average molecular weight is 515 g/mol. The Balaban J connectivity index is 1.94. The van der Waals surface area contributed by atoms with E-state index < -0.39 is 6.04 Å². The number of nitrogens with one attached hydrogen (secondary N) is 1. The molecule has 2 aromatic rings. The molecule has 36 heavy (non-hydrogen) atoms. The maximum Gasteiger partial charge on any atom is 0.247 e. The Hall–Kier alpha value is -2.73. The molecule has 1 aliphatic rings. The molecule has 0 heterocycles. The maximum atomic E-state index is 13.8. The Morgan fingerprint density at radius 3 is 2.42 bits per heavy atom. The van der Waals surface area contributed by atoms with Gasteiger partial charge >= 0.3 is 0 Å². The summed E-state index contributed by atoms with van der Waals surface area (Å²) in [6.07, 6.45) is 8.00. The molecule has 1 aliphatic carbocycles. The predicted octanol–water partition coefficient (Wildman–Crippen LogP) is 5.67. The minimum Gasteiger partial charge on any atom is -0.493 e. The van der Waals surface area contributed by atoms with E-state index in [1.165, 1.54) is 12.8 Å². The van der Waals surface area contributed by atoms with Gasteiger partial charge in [-0.15, -0.1) is 11.6 Å². The van der Waals surface area contributed by atoms with Gasteiger partial charge in [0.2, 0.25) is 11.8 Å². The van der Waals surface area contributed by atoms with Crippen molar-refractivity contribution in [1.29, 1.82) is 0 Å². The molecule has 0 aromatic heterocycles. The summed E-state index contributed by atoms with van der Waals surface area (Å²) in [5.74, 6) is 0.494. The van der Waals surface area contributed by atoms with Crippen LogP contribution in [0, 0.1) is 0 Å². The summed E-state index contributed by atoms with van der Waals surface area (Å²) in [6.45, 7) is 2.97. The van der Waals surface area contributed by atoms with Crippen LogP contribution in [0.3, 0.4) is 0 Å². The summed E-state index contributed by atoms with van der Waals surface area (Å²) < 4.78 is 11.4. The number of nitrogens with zero attached hydrogens (tertiary/aromatic N) is 1. The number of carbonyl (C=O) groups excluding carboxylic acids is 2. The zero-order valence-corrected chi connectivity index (χ0v) is 22.3. The largest absolute Gasteiger partial charge is 0.493 e. The molecule has 1 saturated carbocycles. The van der Waals surface area contributed by atoms with E-state index in [1.807, 2.05) is 49.4 Å². The van der Waals surface area contributed by atoms with Crippen LogP contribution in [0.1, 0.15) is 69.0 Å². The van der Waals surface area contributed by atoms with Crippen molar-refractivity contribution in [3.05, 3.63) is 59.7 Å². The number of alkyl halides is 1. The highest BCUT2D eigenvalue weighted by Gasteiger charge is 2.33. The second-order valence-corrected chi connectivity index (χ2v) is 9.58. The van der Waals surface area contributed by atoms with Crippen LogP contribution in [0.5, 0.6) is 11.5 Å². The summed E-state index contributed by atoms with van der Waals surface area (Å²) in [5, 5.41) is 3.25. The van der Waals surface area contributed by atoms with Gasteiger partial charge < -0.3 is 19.7 Å². The maximum absolute atomic E-state index is 13.8. The van der Waals surface area contributed by atoms with Gasteiger partial charge in [0.25, 0.3) is 0 Å². The van der Waals surface area contributed by atoms with Gasteiger partial charge in [-0.25, -0.2) is 0 Å². The van der Waals surface area contributed by atoms with Crippen LogP contribution in [-0.4, -0.2) is 48.9 Å². The lowest BCUT2D eigenvalue weighted by molar-refractivity contribution is -0.139. The van der Waals surface area contributed by atoms with Gasteiger partial charge in [-0.1, -0.05) is 69.0 Å². The summed E-state index contributed by atoms with van der Waals surface area (Å²) >= 11 is 6.05. The molecular formula is C29H39ClN2O4. The SMILES string of the molecule is CCCOc1ccc([C@@H](C(=O)NC2CCCCCC2)N(CCc2ccccc2)C(=O)CCl)cc1OC. The van der Waals surface area contributed by atoms with Gasteiger partial charge in [0.1, 0.15) is 11.9 Å². The Morgan fingerprint density at radius 2 is 1.78 bits per heavy atom. The quantitative estimate of drug-likeness (QED) is 0.292. The molecule has 6 nitrogen and oxygen atoms in total. The first kappa shape index (κ1) is 27.9. The molecule has 1 N–H and O–H groups in total. The molecule has 1 atom stereocenters. The third-order valence-corrected chi connectivity index (χ3v) is 6.87. The third kappa shape index (κ3) is 7.89. The van der Waals surface area contributed by atoms with Gasteiger partial charge in [-0.2, -0.15) is 0 Å². The molecule has 0 spiro atoms. The second-order valence-electron chi connectivity index (χ2n) is 9.31. The number of halogens is 1. The van der Waals surface area contributed by atoms with Crippen molar-refractivity contribution >= 4 is 23.4 Å². The highest BCUT2D eigenvalue weighted by Crippen LogP contribution is 2.33. The summed E-state index contributed by atoms with van der Waals surface area (Å²) in [4.78, 5) is 28.6. The zero-order valence-electron chi connectivity index (χ0n) is 21.5. The fourth-order valence-corrected chi connectivity index (χ4v) is 4.88. The summed E-state index contributed by atoms with van der Waals surface area (Å²) in [5.41, 5.74) is 1.77. The molecule has 0 radical (unpaired) electrons. The van der Waals surface area contributed by atoms with E-state index in [0.717, 1.165) is 37.7 Å². The Kier molecular flexibility index (Phi) is 11.4. The number of methoxy groups -OCH3 is 1. The molecular weight excluding hydrogens is 476 g/mol. The number of hydrogen-bond acceptors (Lipinski definition) is 4. The first-order valence-electron chi connectivity index (χ1n) is 13.1. The monoisotopic (exact) mass is 514 g/mol. The topological polar surface area (TPSA) is 67.9 Å². The normalized spacial score (nSPS) is 15.0. The molecule has 0 unspecified atom stereocenters. The van der Waals surface area contributed by atoms with E-state index in [9.17, 15) is 9.59 Å². The van der Waals surface area contributed by atoms with Crippen molar-refractivity contribution < 1.29 is 19.1 Å². The van der Waals surface area contributed by atoms with E-state index in [4.69, 9.17) is 21.1 Å². The summed E-state index contributed by atoms with van der Waals surface area (Å²) in [6, 6.07) is 14.7. The minimum absolute atomic E-state index is 0.110. The van der Waals surface area contributed by atoms with Gasteiger partial charge in [0.15, 0.2) is 11.5 Å². The van der Waals surface area contributed by atoms with Crippen molar-refractivity contribution in [1.82, 2.24) is 10.2 Å². The first-order valence-corrected chi connectivity index (χ1v) is 13.6. The fraction of sp³-hybridized carbons (Fsp3) is 0.517. The molecule has 7 heteroatoms. The Labute approximate surface area is 220 Å². The smallest absolute Gasteiger partial charge is 0.247 e. The predicted molar refractivity (Wildman–Crippen MR) is 144 cm³/mol. The number of hydrogen-bond donors (Lipinski definition) is 1. The Morgan fingerprint density at radius 1 is 1.06 bits per heavy atom. The fourth-order valence-electron chi connectivity index (χ4n) is 4.73. The van der Waals surface area contributed by atoms with E-state index in [2.05, 4.69) is 5.32 Å². The first-order chi connectivity index (χ1) is 17.6. The van der Waals surface area contributed by atoms with Crippen LogP contribution >= 0.6 is 11.6 Å². The number of carbonyl (C=O) groups is 2. The van der Waals surface area contributed by atoms with Crippen molar-refractivity contribution in [3.8, 4) is 11.5 Å². The number of amides is 2. The van der Waals surface area contributed by atoms with Crippen molar-refractivity contribution in [2.75, 3.05) is 26.1 Å². The molecule has 196 valence electrons. The van der Waals surface area contributed by atoms with E-state index >= 15 is 0 Å². The lowest BCUT2D eigenvalue weighted by atomic mass is 10.0. The molecule has 2 aromatic carbocycles. The second kappa shape index (κ2) is 14.7. The van der Waals surface area contributed by atoms with E-state index in [0.29, 0.717) is 36.6 Å². The van der Waals surface area contributed by atoms with Crippen LogP contribution in [-0.2, 0) is 16.0 Å². The molecule has 2 amide bonds. The van der Waals surface area contributed by atoms with Crippen LogP contribution in [0.25, 0.3) is 0 Å². The average Bonchev–Trinajstić information content (AvgIpc) is 3.18. The molecule has 0 aliphatic heterocycles. The molecule has 3 rings (SSSR count). The minimum atomic E-state index is -0.822. The van der Waals surface area contributed by atoms with Crippen LogP contribution in [0.2, 0.25) is 0 Å². The third-order valence-electron chi connectivity index (χ3n) is 6.65. The molecule has 0 bridgehead atoms. The van der Waals surface area contributed by atoms with E-state index in [-0.39, 0.29) is 23.7 Å². The van der Waals surface area contributed by atoms with Crippen LogP contribution in [0.15, 0.2) is 48.5 Å². The van der Waals surface area contributed by atoms with Gasteiger partial charge in [0.05, 0.1) is 13.7 Å². The van der Waals surface area contributed by atoms with Gasteiger partial charge in [-0.3, -0.25) is 9.59 Å². The van der Waals surface area contributed by atoms with Gasteiger partial charge in [-0.05, 0) is 48.9 Å². The van der Waals surface area contributed by atoms with Crippen molar-refractivity contribution in [2.45, 2.75) is 70.4 Å². The number of benzene rings is 2. The lowest BCUT2D eigenvalue weighted by Crippen LogP contribution is -2.47. The standard InChI is InChI=1S/C29H39ClN2O4/c1-3-19-36-25-16-15-23(20-26(25)35-2)28(29(34)31-24-13-9-4-5-10-14-24)32(27(33)21-30)18-17-22-11-7-6-8-12-22/h6-8,11-12,15-16,20,24,28H,3-5,9-10,13-14,17-19,21H2,1-2H3,(H,31,34)/t28-/m0/s1. The Bertz CT molecular complexity index is 961. The highest BCUT2D eigenvalue weighted by atomic mass is 35.5. The lowest BCUT2D eigenvalue weighted by Gasteiger charge is -2.32. The van der Waals surface area contributed by atoms with Crippen LogP contribution < -0.4 is 14.8 Å². The van der Waals surface area contributed by atoms with Crippen molar-refractivity contribution in [3.63, 3.8) is 0 Å². The van der Waals surface area contributed by atoms with E-state index in [1.54, 1.807) is 18.1 Å². The molecule has 1 fully saturated rings. The highest BCUT2D eigenvalue weighted by molar-refractivity contribution is 6.27. The zero-order chi connectivity index (χ0) is 25.8. The van der Waals surface area contributed by atoms with Crippen molar-refractivity contribution in [2.24, 2.45) is 0 Å². The molecule has 0 saturated heterocycles. The van der Waals surface area contributed by atoms with Crippen LogP contribution in [0.4, 0.5) is 0 Å². The number of rotatable bonds is 12.